The van der Waals surface area contributed by atoms with Gasteiger partial charge < -0.3 is 30.7 Å². The van der Waals surface area contributed by atoms with Crippen LogP contribution in [0.2, 0.25) is 9.36 Å². The summed E-state index contributed by atoms with van der Waals surface area (Å²) >= 11 is 13.4. The van der Waals surface area contributed by atoms with Gasteiger partial charge in [-0.15, -0.1) is 11.3 Å². The van der Waals surface area contributed by atoms with Crippen LogP contribution >= 0.6 is 34.5 Å². The third kappa shape index (κ3) is 4.05. The molecule has 4 atom stereocenters. The second-order valence-corrected chi connectivity index (χ2v) is 10.4. The third-order valence-corrected chi connectivity index (χ3v) is 8.07. The van der Waals surface area contributed by atoms with Gasteiger partial charge in [0.1, 0.15) is 22.1 Å². The fourth-order valence-corrected chi connectivity index (χ4v) is 5.84. The molecule has 0 aliphatic carbocycles. The first-order chi connectivity index (χ1) is 16.2. The van der Waals surface area contributed by atoms with E-state index in [2.05, 4.69) is 15.6 Å². The average molecular weight is 523 g/mol. The molecule has 1 saturated heterocycles. The number of β-amino-alcohol motifs (C(OH)–C–C–N with tert-alkyl or cyclic N) is 2. The van der Waals surface area contributed by atoms with Crippen LogP contribution < -0.4 is 10.6 Å². The van der Waals surface area contributed by atoms with Crippen LogP contribution in [0.4, 0.5) is 0 Å². The molecule has 5 N–H and O–H groups in total. The van der Waals surface area contributed by atoms with Crippen molar-refractivity contribution in [3.8, 4) is 0 Å². The lowest BCUT2D eigenvalue weighted by Gasteiger charge is -2.24. The number of aromatic nitrogens is 1. The monoisotopic (exact) mass is 522 g/mol. The number of likely N-dealkylation sites (tertiary alicyclic amines) is 1. The number of carbonyl (C=O) groups is 3. The molecule has 1 fully saturated rings. The van der Waals surface area contributed by atoms with Gasteiger partial charge in [0.15, 0.2) is 0 Å². The fraction of sp³-hybridized carbons (Fsp3) is 0.318. The lowest BCUT2D eigenvalue weighted by atomic mass is 9.97. The number of H-pyrrole nitrogens is 1. The van der Waals surface area contributed by atoms with E-state index in [1.54, 1.807) is 30.3 Å². The number of nitrogens with one attached hydrogen (secondary N) is 3. The topological polar surface area (TPSA) is 135 Å². The Morgan fingerprint density at radius 3 is 2.56 bits per heavy atom. The predicted molar refractivity (Wildman–Crippen MR) is 127 cm³/mol. The standard InChI is InChI=1S/C22H20Cl2N4O5S/c23-16-18-15(34-19(16)24)6-12(25-18)20(31)26-11-5-9-3-1-2-4-10(9)17(27-21(11)32)22(33)28-7-13(29)14(30)8-28/h1-4,6,11,13-14,17,25,29-30H,5,7-8H2,(H,26,31)(H,27,32)/t11-,13-,14+,17+/m1/s1. The number of halogens is 2. The van der Waals surface area contributed by atoms with Crippen molar-refractivity contribution in [3.63, 3.8) is 0 Å². The van der Waals surface area contributed by atoms with Gasteiger partial charge in [-0.2, -0.15) is 0 Å². The summed E-state index contributed by atoms with van der Waals surface area (Å²) in [5.41, 5.74) is 2.12. The van der Waals surface area contributed by atoms with Gasteiger partial charge >= 0.3 is 0 Å². The van der Waals surface area contributed by atoms with Crippen molar-refractivity contribution >= 4 is 62.5 Å². The number of aromatic amines is 1. The summed E-state index contributed by atoms with van der Waals surface area (Å²) in [6.45, 7) is -0.0452. The highest BCUT2D eigenvalue weighted by atomic mass is 35.5. The maximum Gasteiger partial charge on any atom is 0.268 e. The highest BCUT2D eigenvalue weighted by Crippen LogP contribution is 2.38. The summed E-state index contributed by atoms with van der Waals surface area (Å²) in [4.78, 5) is 43.5. The van der Waals surface area contributed by atoms with E-state index in [9.17, 15) is 24.6 Å². The Labute approximate surface area is 207 Å². The first-order valence-electron chi connectivity index (χ1n) is 10.5. The minimum atomic E-state index is -1.04. The fourth-order valence-electron chi connectivity index (χ4n) is 4.36. The molecule has 178 valence electrons. The Bertz CT molecular complexity index is 1300. The molecule has 2 aliphatic heterocycles. The maximum absolute atomic E-state index is 13.2. The van der Waals surface area contributed by atoms with E-state index in [0.717, 1.165) is 10.3 Å². The number of aliphatic hydroxyl groups excluding tert-OH is 2. The van der Waals surface area contributed by atoms with Crippen LogP contribution in [0.3, 0.4) is 0 Å². The molecule has 12 heteroatoms. The molecule has 0 saturated carbocycles. The number of hydrogen-bond donors (Lipinski definition) is 5. The van der Waals surface area contributed by atoms with Crippen LogP contribution in [0.15, 0.2) is 30.3 Å². The van der Waals surface area contributed by atoms with Crippen LogP contribution in [0.25, 0.3) is 10.2 Å². The molecule has 2 aliphatic rings. The molecule has 2 aromatic heterocycles. The number of hydrogen-bond acceptors (Lipinski definition) is 6. The smallest absolute Gasteiger partial charge is 0.268 e. The molecule has 3 amide bonds. The number of benzene rings is 1. The summed E-state index contributed by atoms with van der Waals surface area (Å²) in [5.74, 6) is -1.44. The number of aliphatic hydroxyl groups is 2. The SMILES string of the molecule is O=C(N[C@@H]1Cc2ccccc2[C@@H](C(=O)N2C[C@@H](O)[C@@H](O)C2)NC1=O)c1cc2sc(Cl)c(Cl)c2[nH]1. The highest BCUT2D eigenvalue weighted by molar-refractivity contribution is 7.23. The van der Waals surface area contributed by atoms with E-state index in [1.807, 2.05) is 0 Å². The summed E-state index contributed by atoms with van der Waals surface area (Å²) in [6.07, 6.45) is -1.89. The van der Waals surface area contributed by atoms with Crippen molar-refractivity contribution in [1.29, 1.82) is 0 Å². The highest BCUT2D eigenvalue weighted by Gasteiger charge is 2.40. The predicted octanol–water partition coefficient (Wildman–Crippen LogP) is 1.61. The van der Waals surface area contributed by atoms with Gasteiger partial charge in [0.25, 0.3) is 5.91 Å². The maximum atomic E-state index is 13.2. The van der Waals surface area contributed by atoms with Crippen molar-refractivity contribution in [2.45, 2.75) is 30.7 Å². The molecule has 0 bridgehead atoms. The molecular weight excluding hydrogens is 503 g/mol. The van der Waals surface area contributed by atoms with Gasteiger partial charge in [0, 0.05) is 19.5 Å². The minimum absolute atomic E-state index is 0.0226. The lowest BCUT2D eigenvalue weighted by molar-refractivity contribution is -0.136. The van der Waals surface area contributed by atoms with E-state index < -0.39 is 42.0 Å². The van der Waals surface area contributed by atoms with Crippen LogP contribution in [0.1, 0.15) is 27.7 Å². The number of nitrogens with zero attached hydrogens (tertiary/aromatic N) is 1. The number of amides is 3. The summed E-state index contributed by atoms with van der Waals surface area (Å²) < 4.78 is 1.14. The van der Waals surface area contributed by atoms with Gasteiger partial charge in [0.2, 0.25) is 11.8 Å². The van der Waals surface area contributed by atoms with Crippen molar-refractivity contribution in [2.24, 2.45) is 0 Å². The van der Waals surface area contributed by atoms with Crippen molar-refractivity contribution in [3.05, 3.63) is 56.5 Å². The van der Waals surface area contributed by atoms with Gasteiger partial charge in [-0.25, -0.2) is 0 Å². The largest absolute Gasteiger partial charge is 0.388 e. The first-order valence-corrected chi connectivity index (χ1v) is 12.1. The van der Waals surface area contributed by atoms with E-state index >= 15 is 0 Å². The number of carbonyl (C=O) groups excluding carboxylic acids is 3. The van der Waals surface area contributed by atoms with Gasteiger partial charge in [-0.3, -0.25) is 14.4 Å². The molecule has 0 radical (unpaired) electrons. The first kappa shape index (κ1) is 23.1. The molecule has 3 aromatic rings. The van der Waals surface area contributed by atoms with Crippen LogP contribution in [0.5, 0.6) is 0 Å². The Hall–Kier alpha value is -2.63. The van der Waals surface area contributed by atoms with E-state index in [0.29, 0.717) is 20.4 Å². The molecule has 0 spiro atoms. The molecule has 4 heterocycles. The zero-order valence-corrected chi connectivity index (χ0v) is 19.9. The van der Waals surface area contributed by atoms with Gasteiger partial charge in [-0.1, -0.05) is 47.5 Å². The number of rotatable bonds is 3. The quantitative estimate of drug-likeness (QED) is 0.356. The summed E-state index contributed by atoms with van der Waals surface area (Å²) in [5, 5.41) is 25.5. The molecular formula is C22H20Cl2N4O5S. The normalized spacial score (nSPS) is 24.6. The van der Waals surface area contributed by atoms with E-state index in [4.69, 9.17) is 23.2 Å². The van der Waals surface area contributed by atoms with Gasteiger partial charge in [-0.05, 0) is 17.2 Å². The number of thiophene rings is 1. The summed E-state index contributed by atoms with van der Waals surface area (Å²) in [7, 11) is 0. The van der Waals surface area contributed by atoms with Crippen molar-refractivity contribution in [2.75, 3.05) is 13.1 Å². The van der Waals surface area contributed by atoms with E-state index in [-0.39, 0.29) is 25.2 Å². The number of fused-ring (bicyclic) bond motifs is 2. The molecule has 0 unspecified atom stereocenters. The lowest BCUT2D eigenvalue weighted by Crippen LogP contribution is -2.49. The van der Waals surface area contributed by atoms with Crippen LogP contribution in [-0.4, -0.2) is 69.2 Å². The Morgan fingerprint density at radius 1 is 1.15 bits per heavy atom. The minimum Gasteiger partial charge on any atom is -0.388 e. The third-order valence-electron chi connectivity index (χ3n) is 6.13. The molecule has 9 nitrogen and oxygen atoms in total. The Morgan fingerprint density at radius 2 is 1.85 bits per heavy atom. The summed E-state index contributed by atoms with van der Waals surface area (Å²) in [6, 6.07) is 6.79. The van der Waals surface area contributed by atoms with Crippen LogP contribution in [-0.2, 0) is 16.0 Å². The zero-order valence-electron chi connectivity index (χ0n) is 17.5. The molecule has 1 aromatic carbocycles. The van der Waals surface area contributed by atoms with Crippen molar-refractivity contribution in [1.82, 2.24) is 20.5 Å². The van der Waals surface area contributed by atoms with Crippen molar-refractivity contribution < 1.29 is 24.6 Å². The average Bonchev–Trinajstić information content (AvgIpc) is 3.43. The Balaban J connectivity index is 1.38. The molecule has 34 heavy (non-hydrogen) atoms. The van der Waals surface area contributed by atoms with Crippen LogP contribution in [0, 0.1) is 0 Å². The van der Waals surface area contributed by atoms with E-state index in [1.165, 1.54) is 16.2 Å². The second-order valence-electron chi connectivity index (χ2n) is 8.36. The Kier molecular flexibility index (Phi) is 6.03. The second kappa shape index (κ2) is 8.86. The van der Waals surface area contributed by atoms with Gasteiger partial charge in [0.05, 0.1) is 27.4 Å². The molecule has 5 rings (SSSR count). The zero-order chi connectivity index (χ0) is 24.1.